The first-order valence-electron chi connectivity index (χ1n) is 5.62. The summed E-state index contributed by atoms with van der Waals surface area (Å²) in [6.07, 6.45) is 4.57. The maximum Gasteiger partial charge on any atom is 0.239 e. The van der Waals surface area contributed by atoms with Crippen LogP contribution in [0.2, 0.25) is 0 Å². The van der Waals surface area contributed by atoms with Crippen molar-refractivity contribution in [2.45, 2.75) is 31.7 Å². The van der Waals surface area contributed by atoms with Gasteiger partial charge in [-0.1, -0.05) is 0 Å². The van der Waals surface area contributed by atoms with Gasteiger partial charge >= 0.3 is 0 Å². The number of hydrogen-bond acceptors (Lipinski definition) is 4. The molecule has 94 valence electrons. The Hall–Kier alpha value is -0.620. The average molecular weight is 248 g/mol. The number of hydrogen-bond donors (Lipinski definition) is 1. The highest BCUT2D eigenvalue weighted by Gasteiger charge is 2.23. The van der Waals surface area contributed by atoms with E-state index in [-0.39, 0.29) is 18.1 Å². The summed E-state index contributed by atoms with van der Waals surface area (Å²) in [5.41, 5.74) is 5.70. The van der Waals surface area contributed by atoms with Crippen LogP contribution in [0.25, 0.3) is 0 Å². The summed E-state index contributed by atoms with van der Waals surface area (Å²) in [4.78, 5) is 13.6. The minimum atomic E-state index is -3.03. The summed E-state index contributed by atoms with van der Waals surface area (Å²) in [5.74, 6) is -0.128. The van der Waals surface area contributed by atoms with Crippen molar-refractivity contribution in [2.24, 2.45) is 5.73 Å². The second-order valence-corrected chi connectivity index (χ2v) is 6.67. The minimum Gasteiger partial charge on any atom is -0.341 e. The third-order valence-corrected chi connectivity index (χ3v) is 3.76. The first-order valence-corrected chi connectivity index (χ1v) is 7.68. The molecule has 1 fully saturated rings. The van der Waals surface area contributed by atoms with E-state index in [1.54, 1.807) is 4.90 Å². The third-order valence-electron chi connectivity index (χ3n) is 2.78. The summed E-state index contributed by atoms with van der Waals surface area (Å²) >= 11 is 0. The summed E-state index contributed by atoms with van der Waals surface area (Å²) in [7, 11) is -3.03. The van der Waals surface area contributed by atoms with Gasteiger partial charge in [-0.05, 0) is 25.7 Å². The molecule has 0 aromatic carbocycles. The second-order valence-electron chi connectivity index (χ2n) is 4.41. The van der Waals surface area contributed by atoms with E-state index in [1.807, 2.05) is 0 Å². The molecule has 1 atom stereocenters. The highest BCUT2D eigenvalue weighted by Crippen LogP contribution is 2.10. The van der Waals surface area contributed by atoms with Gasteiger partial charge in [0.05, 0.1) is 11.8 Å². The van der Waals surface area contributed by atoms with Crippen LogP contribution >= 0.6 is 0 Å². The molecule has 0 saturated carbocycles. The Balaban J connectivity index is 2.40. The third kappa shape index (κ3) is 4.49. The molecule has 1 rings (SSSR count). The molecule has 1 amide bonds. The van der Waals surface area contributed by atoms with E-state index in [4.69, 9.17) is 5.73 Å². The van der Waals surface area contributed by atoms with Gasteiger partial charge in [-0.25, -0.2) is 8.42 Å². The Morgan fingerprint density at radius 1 is 1.31 bits per heavy atom. The van der Waals surface area contributed by atoms with Crippen molar-refractivity contribution < 1.29 is 13.2 Å². The molecule has 0 radical (unpaired) electrons. The van der Waals surface area contributed by atoms with Gasteiger partial charge in [0.2, 0.25) is 5.91 Å². The van der Waals surface area contributed by atoms with E-state index in [0.29, 0.717) is 0 Å². The fourth-order valence-electron chi connectivity index (χ4n) is 1.81. The van der Waals surface area contributed by atoms with Crippen LogP contribution in [0.15, 0.2) is 0 Å². The van der Waals surface area contributed by atoms with Crippen molar-refractivity contribution in [1.29, 1.82) is 0 Å². The molecule has 0 spiro atoms. The minimum absolute atomic E-state index is 0.0201. The van der Waals surface area contributed by atoms with Crippen molar-refractivity contribution in [2.75, 3.05) is 25.1 Å². The summed E-state index contributed by atoms with van der Waals surface area (Å²) < 4.78 is 21.9. The maximum absolute atomic E-state index is 11.8. The van der Waals surface area contributed by atoms with E-state index in [9.17, 15) is 13.2 Å². The van der Waals surface area contributed by atoms with E-state index in [2.05, 4.69) is 0 Å². The van der Waals surface area contributed by atoms with Crippen molar-refractivity contribution in [3.8, 4) is 0 Å². The van der Waals surface area contributed by atoms with Crippen LogP contribution in [-0.2, 0) is 14.6 Å². The zero-order chi connectivity index (χ0) is 12.2. The zero-order valence-corrected chi connectivity index (χ0v) is 10.5. The van der Waals surface area contributed by atoms with Crippen molar-refractivity contribution in [1.82, 2.24) is 4.90 Å². The van der Waals surface area contributed by atoms with Crippen molar-refractivity contribution in [3.05, 3.63) is 0 Å². The molecule has 5 nitrogen and oxygen atoms in total. The normalized spacial score (nSPS) is 19.5. The van der Waals surface area contributed by atoms with E-state index in [1.165, 1.54) is 0 Å². The SMILES string of the molecule is CS(=O)(=O)CC[C@H](N)C(=O)N1CCCCC1. The number of carbonyl (C=O) groups excluding carboxylic acids is 1. The maximum atomic E-state index is 11.8. The Kier molecular flexibility index (Phi) is 4.73. The second kappa shape index (κ2) is 5.63. The lowest BCUT2D eigenvalue weighted by Gasteiger charge is -2.29. The van der Waals surface area contributed by atoms with E-state index < -0.39 is 15.9 Å². The molecule has 0 bridgehead atoms. The molecule has 2 N–H and O–H groups in total. The smallest absolute Gasteiger partial charge is 0.239 e. The van der Waals surface area contributed by atoms with E-state index >= 15 is 0 Å². The van der Waals surface area contributed by atoms with Gasteiger partial charge in [-0.15, -0.1) is 0 Å². The molecule has 0 aliphatic carbocycles. The van der Waals surface area contributed by atoms with Crippen LogP contribution in [0.5, 0.6) is 0 Å². The standard InChI is InChI=1S/C10H20N2O3S/c1-16(14,15)8-5-9(11)10(13)12-6-3-2-4-7-12/h9H,2-8,11H2,1H3/t9-/m0/s1. The molecular formula is C10H20N2O3S. The molecule has 1 saturated heterocycles. The van der Waals surface area contributed by atoms with Crippen LogP contribution in [0.4, 0.5) is 0 Å². The summed E-state index contributed by atoms with van der Waals surface area (Å²) in [6.45, 7) is 1.51. The highest BCUT2D eigenvalue weighted by atomic mass is 32.2. The summed E-state index contributed by atoms with van der Waals surface area (Å²) in [6, 6.07) is -0.673. The number of piperidine rings is 1. The summed E-state index contributed by atoms with van der Waals surface area (Å²) in [5, 5.41) is 0. The fraction of sp³-hybridized carbons (Fsp3) is 0.900. The predicted octanol–water partition coefficient (Wildman–Crippen LogP) is -0.239. The number of amides is 1. The highest BCUT2D eigenvalue weighted by molar-refractivity contribution is 7.90. The lowest BCUT2D eigenvalue weighted by atomic mass is 10.1. The Morgan fingerprint density at radius 2 is 1.88 bits per heavy atom. The molecule has 1 aliphatic rings. The van der Waals surface area contributed by atoms with Crippen molar-refractivity contribution >= 4 is 15.7 Å². The Morgan fingerprint density at radius 3 is 2.38 bits per heavy atom. The number of nitrogens with zero attached hydrogens (tertiary/aromatic N) is 1. The monoisotopic (exact) mass is 248 g/mol. The van der Waals surface area contributed by atoms with Gasteiger partial charge in [0.15, 0.2) is 0 Å². The van der Waals surface area contributed by atoms with Crippen LogP contribution in [0, 0.1) is 0 Å². The number of carbonyl (C=O) groups is 1. The average Bonchev–Trinajstić information content (AvgIpc) is 2.25. The first kappa shape index (κ1) is 13.4. The fourth-order valence-corrected chi connectivity index (χ4v) is 2.50. The Labute approximate surface area is 96.9 Å². The molecule has 16 heavy (non-hydrogen) atoms. The first-order chi connectivity index (χ1) is 7.40. The van der Waals surface area contributed by atoms with Crippen LogP contribution in [0.3, 0.4) is 0 Å². The number of nitrogens with two attached hydrogens (primary N) is 1. The van der Waals surface area contributed by atoms with Gasteiger partial charge < -0.3 is 10.6 Å². The molecule has 6 heteroatoms. The Bertz CT molecular complexity index is 334. The van der Waals surface area contributed by atoms with Gasteiger partial charge in [0.1, 0.15) is 9.84 Å². The molecule has 0 unspecified atom stereocenters. The van der Waals surface area contributed by atoms with Gasteiger partial charge in [-0.2, -0.15) is 0 Å². The molecule has 1 heterocycles. The predicted molar refractivity (Wildman–Crippen MR) is 62.7 cm³/mol. The van der Waals surface area contributed by atoms with Crippen LogP contribution < -0.4 is 5.73 Å². The number of sulfone groups is 1. The lowest BCUT2D eigenvalue weighted by Crippen LogP contribution is -2.46. The van der Waals surface area contributed by atoms with Gasteiger partial charge in [0, 0.05) is 19.3 Å². The molecule has 1 aliphatic heterocycles. The zero-order valence-electron chi connectivity index (χ0n) is 9.68. The molecule has 0 aromatic rings. The topological polar surface area (TPSA) is 80.5 Å². The quantitative estimate of drug-likeness (QED) is 0.744. The van der Waals surface area contributed by atoms with E-state index in [0.717, 1.165) is 38.6 Å². The number of likely N-dealkylation sites (tertiary alicyclic amines) is 1. The van der Waals surface area contributed by atoms with Gasteiger partial charge in [-0.3, -0.25) is 4.79 Å². The lowest BCUT2D eigenvalue weighted by molar-refractivity contribution is -0.133. The van der Waals surface area contributed by atoms with Gasteiger partial charge in [0.25, 0.3) is 0 Å². The number of rotatable bonds is 4. The largest absolute Gasteiger partial charge is 0.341 e. The van der Waals surface area contributed by atoms with Crippen LogP contribution in [0.1, 0.15) is 25.7 Å². The molecular weight excluding hydrogens is 228 g/mol. The molecule has 0 aromatic heterocycles. The van der Waals surface area contributed by atoms with Crippen molar-refractivity contribution in [3.63, 3.8) is 0 Å². The van der Waals surface area contributed by atoms with Crippen LogP contribution in [-0.4, -0.2) is 50.4 Å².